The van der Waals surface area contributed by atoms with Gasteiger partial charge in [-0.15, -0.1) is 0 Å². The first-order valence-corrected chi connectivity index (χ1v) is 6.20. The quantitative estimate of drug-likeness (QED) is 0.908. The lowest BCUT2D eigenvalue weighted by molar-refractivity contribution is -0.136. The topological polar surface area (TPSA) is 70.8 Å². The highest BCUT2D eigenvalue weighted by Gasteiger charge is 2.15. The molecule has 0 saturated heterocycles. The minimum absolute atomic E-state index is 0.0977. The van der Waals surface area contributed by atoms with E-state index < -0.39 is 5.97 Å². The molecule has 0 aliphatic rings. The van der Waals surface area contributed by atoms with E-state index in [0.29, 0.717) is 6.42 Å². The van der Waals surface area contributed by atoms with Crippen molar-refractivity contribution in [3.8, 4) is 0 Å². The maximum absolute atomic E-state index is 12.1. The molecule has 1 N–H and O–H groups in total. The van der Waals surface area contributed by atoms with E-state index >= 15 is 0 Å². The van der Waals surface area contributed by atoms with E-state index in [1.54, 1.807) is 31.3 Å². The number of hydrogen-bond donors (Lipinski definition) is 1. The van der Waals surface area contributed by atoms with Crippen LogP contribution in [0.5, 0.6) is 0 Å². The Balaban J connectivity index is 2.05. The standard InChI is InChI=1S/C15H15NO4/c1-16(15(19)13-3-2-10-20-13)12-7-4-11(5-8-12)6-9-14(17)18/h2-5,7-8,10H,6,9H2,1H3,(H,17,18). The summed E-state index contributed by atoms with van der Waals surface area (Å²) >= 11 is 0. The average molecular weight is 273 g/mol. The van der Waals surface area contributed by atoms with Crippen LogP contribution in [0.4, 0.5) is 5.69 Å². The smallest absolute Gasteiger partial charge is 0.303 e. The van der Waals surface area contributed by atoms with Crippen LogP contribution < -0.4 is 4.90 Å². The normalized spacial score (nSPS) is 10.2. The first kappa shape index (κ1) is 13.9. The Hall–Kier alpha value is -2.56. The van der Waals surface area contributed by atoms with Gasteiger partial charge < -0.3 is 14.4 Å². The van der Waals surface area contributed by atoms with Crippen LogP contribution in [-0.4, -0.2) is 24.0 Å². The number of carbonyl (C=O) groups is 2. The van der Waals surface area contributed by atoms with Gasteiger partial charge in [0.15, 0.2) is 5.76 Å². The van der Waals surface area contributed by atoms with Crippen LogP contribution in [0.3, 0.4) is 0 Å². The van der Waals surface area contributed by atoms with Crippen LogP contribution in [0.2, 0.25) is 0 Å². The molecular formula is C15H15NO4. The lowest BCUT2D eigenvalue weighted by atomic mass is 10.1. The molecule has 2 rings (SSSR count). The Morgan fingerprint density at radius 3 is 2.45 bits per heavy atom. The van der Waals surface area contributed by atoms with Crippen LogP contribution in [0.15, 0.2) is 47.1 Å². The van der Waals surface area contributed by atoms with Gasteiger partial charge in [-0.25, -0.2) is 0 Å². The van der Waals surface area contributed by atoms with Crippen molar-refractivity contribution in [3.05, 3.63) is 54.0 Å². The second-order valence-corrected chi connectivity index (χ2v) is 4.40. The molecule has 1 aromatic heterocycles. The van der Waals surface area contributed by atoms with E-state index in [1.807, 2.05) is 12.1 Å². The second-order valence-electron chi connectivity index (χ2n) is 4.40. The summed E-state index contributed by atoms with van der Waals surface area (Å²) in [7, 11) is 1.66. The average Bonchev–Trinajstić information content (AvgIpc) is 2.98. The SMILES string of the molecule is CN(C(=O)c1ccco1)c1ccc(CCC(=O)O)cc1. The summed E-state index contributed by atoms with van der Waals surface area (Å²) in [5.41, 5.74) is 1.65. The number of anilines is 1. The predicted octanol–water partition coefficient (Wildman–Crippen LogP) is 2.57. The van der Waals surface area contributed by atoms with Crippen molar-refractivity contribution in [2.24, 2.45) is 0 Å². The summed E-state index contributed by atoms with van der Waals surface area (Å²) in [5.74, 6) is -0.769. The first-order chi connectivity index (χ1) is 9.58. The maximum Gasteiger partial charge on any atom is 0.303 e. The number of carboxylic acid groups (broad SMARTS) is 1. The molecule has 2 aromatic rings. The molecule has 0 atom stereocenters. The molecule has 1 amide bonds. The number of aliphatic carboxylic acids is 1. The number of carbonyl (C=O) groups excluding carboxylic acids is 1. The van der Waals surface area contributed by atoms with Gasteiger partial charge in [0.25, 0.3) is 5.91 Å². The second kappa shape index (κ2) is 6.06. The van der Waals surface area contributed by atoms with Gasteiger partial charge in [-0.1, -0.05) is 12.1 Å². The van der Waals surface area contributed by atoms with Crippen LogP contribution >= 0.6 is 0 Å². The molecule has 0 fully saturated rings. The van der Waals surface area contributed by atoms with E-state index in [2.05, 4.69) is 0 Å². The molecule has 0 aliphatic heterocycles. The Bertz CT molecular complexity index is 587. The molecule has 0 bridgehead atoms. The Kier molecular flexibility index (Phi) is 4.20. The molecule has 0 unspecified atom stereocenters. The summed E-state index contributed by atoms with van der Waals surface area (Å²) in [6.07, 6.45) is 2.03. The molecule has 5 heteroatoms. The molecule has 1 heterocycles. The zero-order chi connectivity index (χ0) is 14.5. The van der Waals surface area contributed by atoms with Crippen molar-refractivity contribution in [1.82, 2.24) is 0 Å². The Morgan fingerprint density at radius 1 is 1.20 bits per heavy atom. The lowest BCUT2D eigenvalue weighted by Crippen LogP contribution is -2.25. The van der Waals surface area contributed by atoms with Crippen molar-refractivity contribution in [2.75, 3.05) is 11.9 Å². The Labute approximate surface area is 116 Å². The zero-order valence-electron chi connectivity index (χ0n) is 11.1. The van der Waals surface area contributed by atoms with Crippen molar-refractivity contribution in [2.45, 2.75) is 12.8 Å². The van der Waals surface area contributed by atoms with Gasteiger partial charge >= 0.3 is 5.97 Å². The molecule has 0 spiro atoms. The highest BCUT2D eigenvalue weighted by atomic mass is 16.4. The van der Waals surface area contributed by atoms with E-state index in [0.717, 1.165) is 11.3 Å². The predicted molar refractivity (Wildman–Crippen MR) is 73.8 cm³/mol. The molecule has 20 heavy (non-hydrogen) atoms. The highest BCUT2D eigenvalue weighted by molar-refractivity contribution is 6.03. The molecule has 1 aromatic carbocycles. The molecule has 104 valence electrons. The lowest BCUT2D eigenvalue weighted by Gasteiger charge is -2.16. The number of nitrogens with zero attached hydrogens (tertiary/aromatic N) is 1. The van der Waals surface area contributed by atoms with Crippen molar-refractivity contribution in [3.63, 3.8) is 0 Å². The van der Waals surface area contributed by atoms with E-state index in [4.69, 9.17) is 9.52 Å². The maximum atomic E-state index is 12.1. The number of aryl methyl sites for hydroxylation is 1. The summed E-state index contributed by atoms with van der Waals surface area (Å²) < 4.78 is 5.07. The van der Waals surface area contributed by atoms with Gasteiger partial charge in [-0.3, -0.25) is 9.59 Å². The number of benzene rings is 1. The number of carboxylic acids is 1. The molecule has 0 radical (unpaired) electrons. The number of rotatable bonds is 5. The third-order valence-electron chi connectivity index (χ3n) is 2.99. The summed E-state index contributed by atoms with van der Waals surface area (Å²) in [6, 6.07) is 10.5. The van der Waals surface area contributed by atoms with Crippen molar-refractivity contribution in [1.29, 1.82) is 0 Å². The summed E-state index contributed by atoms with van der Waals surface area (Å²) in [4.78, 5) is 24.1. The van der Waals surface area contributed by atoms with Crippen molar-refractivity contribution >= 4 is 17.6 Å². The van der Waals surface area contributed by atoms with E-state index in [9.17, 15) is 9.59 Å². The molecular weight excluding hydrogens is 258 g/mol. The van der Waals surface area contributed by atoms with E-state index in [1.165, 1.54) is 11.2 Å². The van der Waals surface area contributed by atoms with Crippen LogP contribution in [0, 0.1) is 0 Å². The minimum Gasteiger partial charge on any atom is -0.481 e. The molecule has 5 nitrogen and oxygen atoms in total. The van der Waals surface area contributed by atoms with Crippen LogP contribution in [0.1, 0.15) is 22.5 Å². The van der Waals surface area contributed by atoms with Crippen molar-refractivity contribution < 1.29 is 19.1 Å². The number of hydrogen-bond acceptors (Lipinski definition) is 3. The molecule has 0 aliphatic carbocycles. The fourth-order valence-corrected chi connectivity index (χ4v) is 1.82. The largest absolute Gasteiger partial charge is 0.481 e. The van der Waals surface area contributed by atoms with Crippen LogP contribution in [0.25, 0.3) is 0 Å². The number of furan rings is 1. The van der Waals surface area contributed by atoms with Crippen LogP contribution in [-0.2, 0) is 11.2 Å². The summed E-state index contributed by atoms with van der Waals surface area (Å²) in [6.45, 7) is 0. The van der Waals surface area contributed by atoms with Gasteiger partial charge in [-0.05, 0) is 36.2 Å². The van der Waals surface area contributed by atoms with Gasteiger partial charge in [0.1, 0.15) is 0 Å². The van der Waals surface area contributed by atoms with E-state index in [-0.39, 0.29) is 18.1 Å². The molecule has 0 saturated carbocycles. The fourth-order valence-electron chi connectivity index (χ4n) is 1.82. The van der Waals surface area contributed by atoms with Gasteiger partial charge in [0.05, 0.1) is 6.26 Å². The third kappa shape index (κ3) is 3.26. The first-order valence-electron chi connectivity index (χ1n) is 6.20. The fraction of sp³-hybridized carbons (Fsp3) is 0.200. The summed E-state index contributed by atoms with van der Waals surface area (Å²) in [5, 5.41) is 8.63. The highest BCUT2D eigenvalue weighted by Crippen LogP contribution is 2.17. The third-order valence-corrected chi connectivity index (χ3v) is 2.99. The van der Waals surface area contributed by atoms with Gasteiger partial charge in [0, 0.05) is 19.2 Å². The minimum atomic E-state index is -0.820. The van der Waals surface area contributed by atoms with Gasteiger partial charge in [0.2, 0.25) is 0 Å². The Morgan fingerprint density at radius 2 is 1.90 bits per heavy atom. The monoisotopic (exact) mass is 273 g/mol. The van der Waals surface area contributed by atoms with Gasteiger partial charge in [-0.2, -0.15) is 0 Å². The zero-order valence-corrected chi connectivity index (χ0v) is 11.1. The number of amides is 1.